The molecule has 0 saturated heterocycles. The predicted octanol–water partition coefficient (Wildman–Crippen LogP) is 2.46. The lowest BCUT2D eigenvalue weighted by Gasteiger charge is -2.10. The van der Waals surface area contributed by atoms with Gasteiger partial charge in [-0.15, -0.1) is 0 Å². The molecule has 21 heavy (non-hydrogen) atoms. The van der Waals surface area contributed by atoms with Crippen LogP contribution in [-0.4, -0.2) is 11.8 Å². The Kier molecular flexibility index (Phi) is 4.23. The molecule has 5 heteroatoms. The van der Waals surface area contributed by atoms with Gasteiger partial charge in [-0.3, -0.25) is 9.59 Å². The lowest BCUT2D eigenvalue weighted by atomic mass is 10.2. The molecule has 0 spiro atoms. The highest BCUT2D eigenvalue weighted by molar-refractivity contribution is 6.44. The van der Waals surface area contributed by atoms with Crippen molar-refractivity contribution in [2.24, 2.45) is 0 Å². The highest BCUT2D eigenvalue weighted by Gasteiger charge is 2.15. The van der Waals surface area contributed by atoms with Crippen molar-refractivity contribution in [1.82, 2.24) is 0 Å². The van der Waals surface area contributed by atoms with Crippen LogP contribution in [0.2, 0.25) is 0 Å². The molecule has 0 saturated carbocycles. The molecule has 0 aliphatic heterocycles. The van der Waals surface area contributed by atoms with Crippen molar-refractivity contribution in [3.05, 3.63) is 53.6 Å². The topological polar surface area (TPSA) is 84.2 Å². The van der Waals surface area contributed by atoms with Gasteiger partial charge in [0.05, 0.1) is 11.4 Å². The number of carbonyl (C=O) groups excluding carboxylic acids is 2. The smallest absolute Gasteiger partial charge is 0.314 e. The quantitative estimate of drug-likeness (QED) is 0.584. The van der Waals surface area contributed by atoms with Crippen LogP contribution in [-0.2, 0) is 9.59 Å². The van der Waals surface area contributed by atoms with Crippen molar-refractivity contribution in [3.63, 3.8) is 0 Å². The number of hydrogen-bond donors (Lipinski definition) is 3. The second-order valence-corrected chi connectivity index (χ2v) is 4.81. The van der Waals surface area contributed by atoms with Crippen molar-refractivity contribution in [2.45, 2.75) is 13.8 Å². The molecule has 0 atom stereocenters. The van der Waals surface area contributed by atoms with E-state index < -0.39 is 11.8 Å². The van der Waals surface area contributed by atoms with Gasteiger partial charge < -0.3 is 16.4 Å². The number of para-hydroxylation sites is 1. The molecule has 2 amide bonds. The van der Waals surface area contributed by atoms with Crippen LogP contribution in [0, 0.1) is 13.8 Å². The van der Waals surface area contributed by atoms with Crippen molar-refractivity contribution < 1.29 is 9.59 Å². The number of nitrogen functional groups attached to an aromatic ring is 1. The van der Waals surface area contributed by atoms with Crippen LogP contribution in [0.4, 0.5) is 17.1 Å². The molecule has 2 aromatic rings. The molecule has 108 valence electrons. The zero-order valence-corrected chi connectivity index (χ0v) is 11.9. The van der Waals surface area contributed by atoms with E-state index in [1.165, 1.54) is 0 Å². The third-order valence-corrected chi connectivity index (χ3v) is 3.06. The highest BCUT2D eigenvalue weighted by Crippen LogP contribution is 2.19. The Morgan fingerprint density at radius 3 is 2.19 bits per heavy atom. The number of aryl methyl sites for hydroxylation is 2. The number of nitrogens with one attached hydrogen (secondary N) is 2. The molecule has 0 aliphatic carbocycles. The number of carbonyl (C=O) groups is 2. The van der Waals surface area contributed by atoms with Gasteiger partial charge in [-0.05, 0) is 43.2 Å². The maximum Gasteiger partial charge on any atom is 0.314 e. The van der Waals surface area contributed by atoms with E-state index in [2.05, 4.69) is 10.6 Å². The van der Waals surface area contributed by atoms with Gasteiger partial charge in [-0.25, -0.2) is 0 Å². The lowest BCUT2D eigenvalue weighted by molar-refractivity contribution is -0.132. The fourth-order valence-electron chi connectivity index (χ4n) is 1.85. The minimum absolute atomic E-state index is 0.414. The van der Waals surface area contributed by atoms with Crippen LogP contribution < -0.4 is 16.4 Å². The van der Waals surface area contributed by atoms with E-state index in [-0.39, 0.29) is 0 Å². The monoisotopic (exact) mass is 283 g/mol. The van der Waals surface area contributed by atoms with Gasteiger partial charge in [0.2, 0.25) is 0 Å². The summed E-state index contributed by atoms with van der Waals surface area (Å²) >= 11 is 0. The standard InChI is InChI=1S/C16H17N3O2/c1-10-7-8-12(17)14(9-10)19-16(21)15(20)18-13-6-4-3-5-11(13)2/h3-9H,17H2,1-2H3,(H,18,20)(H,19,21). The van der Waals surface area contributed by atoms with Crippen LogP contribution in [0.25, 0.3) is 0 Å². The Balaban J connectivity index is 2.08. The minimum Gasteiger partial charge on any atom is -0.397 e. The Labute approximate surface area is 123 Å². The fraction of sp³-hybridized carbons (Fsp3) is 0.125. The SMILES string of the molecule is Cc1ccc(N)c(NC(=O)C(=O)Nc2ccccc2C)c1. The van der Waals surface area contributed by atoms with Gasteiger partial charge in [0.1, 0.15) is 0 Å². The summed E-state index contributed by atoms with van der Waals surface area (Å²) in [5.41, 5.74) is 9.05. The van der Waals surface area contributed by atoms with Crippen LogP contribution in [0.3, 0.4) is 0 Å². The van der Waals surface area contributed by atoms with E-state index >= 15 is 0 Å². The molecule has 0 fully saturated rings. The van der Waals surface area contributed by atoms with Crippen LogP contribution >= 0.6 is 0 Å². The molecular formula is C16H17N3O2. The molecule has 0 aromatic heterocycles. The van der Waals surface area contributed by atoms with Gasteiger partial charge >= 0.3 is 11.8 Å². The molecule has 0 unspecified atom stereocenters. The summed E-state index contributed by atoms with van der Waals surface area (Å²) in [7, 11) is 0. The van der Waals surface area contributed by atoms with E-state index in [4.69, 9.17) is 5.73 Å². The maximum absolute atomic E-state index is 11.9. The second kappa shape index (κ2) is 6.09. The maximum atomic E-state index is 11.9. The number of benzene rings is 2. The lowest BCUT2D eigenvalue weighted by Crippen LogP contribution is -2.29. The summed E-state index contributed by atoms with van der Waals surface area (Å²) in [6.45, 7) is 3.73. The zero-order chi connectivity index (χ0) is 15.4. The first-order valence-corrected chi connectivity index (χ1v) is 6.51. The summed E-state index contributed by atoms with van der Waals surface area (Å²) in [5, 5.41) is 5.09. The Morgan fingerprint density at radius 2 is 1.52 bits per heavy atom. The van der Waals surface area contributed by atoms with E-state index in [1.54, 1.807) is 24.3 Å². The van der Waals surface area contributed by atoms with Crippen molar-refractivity contribution >= 4 is 28.9 Å². The molecule has 0 radical (unpaired) electrons. The minimum atomic E-state index is -0.754. The number of nitrogens with two attached hydrogens (primary N) is 1. The molecule has 4 N–H and O–H groups in total. The third kappa shape index (κ3) is 3.60. The van der Waals surface area contributed by atoms with Crippen LogP contribution in [0.1, 0.15) is 11.1 Å². The summed E-state index contributed by atoms with van der Waals surface area (Å²) in [6.07, 6.45) is 0. The van der Waals surface area contributed by atoms with E-state index in [0.717, 1.165) is 11.1 Å². The summed E-state index contributed by atoms with van der Waals surface area (Å²) in [4.78, 5) is 23.8. The highest BCUT2D eigenvalue weighted by atomic mass is 16.2. The van der Waals surface area contributed by atoms with Gasteiger partial charge in [0, 0.05) is 5.69 Å². The van der Waals surface area contributed by atoms with Gasteiger partial charge in [-0.2, -0.15) is 0 Å². The predicted molar refractivity (Wildman–Crippen MR) is 84.0 cm³/mol. The van der Waals surface area contributed by atoms with Crippen LogP contribution in [0.5, 0.6) is 0 Å². The number of amides is 2. The van der Waals surface area contributed by atoms with Crippen molar-refractivity contribution in [2.75, 3.05) is 16.4 Å². The first kappa shape index (κ1) is 14.6. The average Bonchev–Trinajstić information content (AvgIpc) is 2.45. The third-order valence-electron chi connectivity index (χ3n) is 3.06. The zero-order valence-electron chi connectivity index (χ0n) is 11.9. The molecule has 2 aromatic carbocycles. The van der Waals surface area contributed by atoms with Gasteiger partial charge in [0.25, 0.3) is 0 Å². The van der Waals surface area contributed by atoms with Crippen molar-refractivity contribution in [3.8, 4) is 0 Å². The summed E-state index contributed by atoms with van der Waals surface area (Å²) in [5.74, 6) is -1.49. The molecule has 5 nitrogen and oxygen atoms in total. The molecule has 0 heterocycles. The second-order valence-electron chi connectivity index (χ2n) is 4.81. The average molecular weight is 283 g/mol. The molecule has 0 aliphatic rings. The van der Waals surface area contributed by atoms with Crippen LogP contribution in [0.15, 0.2) is 42.5 Å². The first-order valence-electron chi connectivity index (χ1n) is 6.51. The summed E-state index contributed by atoms with van der Waals surface area (Å²) in [6, 6.07) is 12.5. The first-order chi connectivity index (χ1) is 9.97. The van der Waals surface area contributed by atoms with E-state index in [0.29, 0.717) is 17.1 Å². The normalized spacial score (nSPS) is 10.0. The van der Waals surface area contributed by atoms with E-state index in [1.807, 2.05) is 32.0 Å². The van der Waals surface area contributed by atoms with Gasteiger partial charge in [0.15, 0.2) is 0 Å². The Hall–Kier alpha value is -2.82. The van der Waals surface area contributed by atoms with E-state index in [9.17, 15) is 9.59 Å². The number of hydrogen-bond acceptors (Lipinski definition) is 3. The number of anilines is 3. The van der Waals surface area contributed by atoms with Crippen molar-refractivity contribution in [1.29, 1.82) is 0 Å². The summed E-state index contributed by atoms with van der Waals surface area (Å²) < 4.78 is 0. The fourth-order valence-corrected chi connectivity index (χ4v) is 1.85. The largest absolute Gasteiger partial charge is 0.397 e. The van der Waals surface area contributed by atoms with Gasteiger partial charge in [-0.1, -0.05) is 24.3 Å². The number of rotatable bonds is 2. The molecule has 0 bridgehead atoms. The molecular weight excluding hydrogens is 266 g/mol. The Morgan fingerprint density at radius 1 is 0.905 bits per heavy atom. The molecule has 2 rings (SSSR count). The Bertz CT molecular complexity index is 696.